The Morgan fingerprint density at radius 3 is 2.32 bits per heavy atom. The smallest absolute Gasteiger partial charge is 0.0914 e. The van der Waals surface area contributed by atoms with E-state index in [1.54, 1.807) is 7.11 Å². The fourth-order valence-electron chi connectivity index (χ4n) is 2.42. The SMILES string of the molecule is COC1CC(NCC(O)c2ccc(C(C)C)cc2)C1. The summed E-state index contributed by atoms with van der Waals surface area (Å²) in [6, 6.07) is 8.76. The van der Waals surface area contributed by atoms with Crippen molar-refractivity contribution >= 4 is 0 Å². The van der Waals surface area contributed by atoms with Gasteiger partial charge in [-0.15, -0.1) is 0 Å². The average molecular weight is 263 g/mol. The number of rotatable bonds is 6. The zero-order valence-corrected chi connectivity index (χ0v) is 12.1. The Bertz CT molecular complexity index is 382. The molecule has 0 aromatic heterocycles. The molecule has 0 radical (unpaired) electrons. The van der Waals surface area contributed by atoms with Gasteiger partial charge in [-0.1, -0.05) is 38.1 Å². The van der Waals surface area contributed by atoms with Gasteiger partial charge in [0.05, 0.1) is 12.2 Å². The predicted octanol–water partition coefficient (Wildman–Crippen LogP) is 2.61. The molecular weight excluding hydrogens is 238 g/mol. The van der Waals surface area contributed by atoms with Crippen LogP contribution in [0.1, 0.15) is 49.8 Å². The molecule has 2 N–H and O–H groups in total. The minimum atomic E-state index is -0.428. The van der Waals surface area contributed by atoms with Crippen molar-refractivity contribution in [3.8, 4) is 0 Å². The number of ether oxygens (including phenoxy) is 1. The molecule has 1 atom stereocenters. The zero-order chi connectivity index (χ0) is 13.8. The molecule has 0 heterocycles. The van der Waals surface area contributed by atoms with Crippen molar-refractivity contribution in [1.29, 1.82) is 0 Å². The monoisotopic (exact) mass is 263 g/mol. The van der Waals surface area contributed by atoms with Crippen molar-refractivity contribution in [2.24, 2.45) is 0 Å². The van der Waals surface area contributed by atoms with E-state index in [1.165, 1.54) is 5.56 Å². The largest absolute Gasteiger partial charge is 0.387 e. The second-order valence-corrected chi connectivity index (χ2v) is 5.77. The molecule has 1 aromatic carbocycles. The molecule has 1 aliphatic carbocycles. The van der Waals surface area contributed by atoms with E-state index >= 15 is 0 Å². The number of aliphatic hydroxyl groups is 1. The summed E-state index contributed by atoms with van der Waals surface area (Å²) in [5, 5.41) is 13.5. The number of hydrogen-bond acceptors (Lipinski definition) is 3. The Kier molecular flexibility index (Phi) is 4.97. The molecule has 0 spiro atoms. The Morgan fingerprint density at radius 1 is 1.21 bits per heavy atom. The summed E-state index contributed by atoms with van der Waals surface area (Å²) in [7, 11) is 1.76. The van der Waals surface area contributed by atoms with Gasteiger partial charge in [0.2, 0.25) is 0 Å². The van der Waals surface area contributed by atoms with E-state index in [-0.39, 0.29) is 0 Å². The van der Waals surface area contributed by atoms with Crippen molar-refractivity contribution in [1.82, 2.24) is 5.32 Å². The molecule has 1 unspecified atom stereocenters. The second kappa shape index (κ2) is 6.51. The van der Waals surface area contributed by atoms with Crippen LogP contribution in [0.4, 0.5) is 0 Å². The third kappa shape index (κ3) is 3.78. The van der Waals surface area contributed by atoms with Crippen LogP contribution in [-0.2, 0) is 4.74 Å². The number of hydrogen-bond donors (Lipinski definition) is 2. The lowest BCUT2D eigenvalue weighted by atomic mass is 9.89. The van der Waals surface area contributed by atoms with Crippen LogP contribution in [0, 0.1) is 0 Å². The van der Waals surface area contributed by atoms with E-state index < -0.39 is 6.10 Å². The Balaban J connectivity index is 1.78. The number of nitrogens with one attached hydrogen (secondary N) is 1. The molecule has 106 valence electrons. The number of aliphatic hydroxyl groups excluding tert-OH is 1. The summed E-state index contributed by atoms with van der Waals surface area (Å²) in [4.78, 5) is 0. The predicted molar refractivity (Wildman–Crippen MR) is 77.3 cm³/mol. The highest BCUT2D eigenvalue weighted by Crippen LogP contribution is 2.23. The van der Waals surface area contributed by atoms with Crippen LogP contribution < -0.4 is 5.32 Å². The lowest BCUT2D eigenvalue weighted by Gasteiger charge is -2.35. The molecule has 19 heavy (non-hydrogen) atoms. The van der Waals surface area contributed by atoms with Crippen molar-refractivity contribution in [3.05, 3.63) is 35.4 Å². The van der Waals surface area contributed by atoms with Gasteiger partial charge in [-0.2, -0.15) is 0 Å². The molecule has 1 saturated carbocycles. The van der Waals surface area contributed by atoms with Gasteiger partial charge in [-0.3, -0.25) is 0 Å². The maximum atomic E-state index is 10.1. The summed E-state index contributed by atoms with van der Waals surface area (Å²) in [5.74, 6) is 0.533. The first-order valence-electron chi connectivity index (χ1n) is 7.14. The quantitative estimate of drug-likeness (QED) is 0.829. The standard InChI is InChI=1S/C16H25NO2/c1-11(2)12-4-6-13(7-5-12)16(18)10-17-14-8-15(9-14)19-3/h4-7,11,14-18H,8-10H2,1-3H3. The Hall–Kier alpha value is -0.900. The van der Waals surface area contributed by atoms with E-state index in [0.717, 1.165) is 18.4 Å². The highest BCUT2D eigenvalue weighted by Gasteiger charge is 2.28. The van der Waals surface area contributed by atoms with Gasteiger partial charge in [-0.05, 0) is 29.9 Å². The number of methoxy groups -OCH3 is 1. The van der Waals surface area contributed by atoms with E-state index in [1.807, 2.05) is 12.1 Å². The summed E-state index contributed by atoms with van der Waals surface area (Å²) < 4.78 is 5.24. The summed E-state index contributed by atoms with van der Waals surface area (Å²) >= 11 is 0. The van der Waals surface area contributed by atoms with Crippen LogP contribution in [0.2, 0.25) is 0 Å². The first-order valence-corrected chi connectivity index (χ1v) is 7.14. The van der Waals surface area contributed by atoms with Crippen LogP contribution >= 0.6 is 0 Å². The fourth-order valence-corrected chi connectivity index (χ4v) is 2.42. The van der Waals surface area contributed by atoms with Gasteiger partial charge >= 0.3 is 0 Å². The minimum Gasteiger partial charge on any atom is -0.387 e. The molecule has 1 fully saturated rings. The van der Waals surface area contributed by atoms with Gasteiger partial charge in [0.15, 0.2) is 0 Å². The molecule has 1 aliphatic rings. The molecule has 3 heteroatoms. The number of benzene rings is 1. The van der Waals surface area contributed by atoms with Gasteiger partial charge in [0, 0.05) is 19.7 Å². The Labute approximate surface area is 116 Å². The van der Waals surface area contributed by atoms with E-state index in [9.17, 15) is 5.11 Å². The summed E-state index contributed by atoms with van der Waals surface area (Å²) in [6.45, 7) is 4.97. The first kappa shape index (κ1) is 14.5. The molecule has 0 saturated heterocycles. The summed E-state index contributed by atoms with van der Waals surface area (Å²) in [5.41, 5.74) is 2.30. The highest BCUT2D eigenvalue weighted by atomic mass is 16.5. The maximum Gasteiger partial charge on any atom is 0.0914 e. The molecule has 2 rings (SSSR count). The van der Waals surface area contributed by atoms with Crippen LogP contribution in [0.25, 0.3) is 0 Å². The molecule has 3 nitrogen and oxygen atoms in total. The zero-order valence-electron chi connectivity index (χ0n) is 12.1. The third-order valence-corrected chi connectivity index (χ3v) is 4.02. The van der Waals surface area contributed by atoms with E-state index in [4.69, 9.17) is 4.74 Å². The van der Waals surface area contributed by atoms with Crippen molar-refractivity contribution < 1.29 is 9.84 Å². The molecule has 0 amide bonds. The first-order chi connectivity index (χ1) is 9.10. The van der Waals surface area contributed by atoms with Crippen LogP contribution in [0.3, 0.4) is 0 Å². The average Bonchev–Trinajstić information content (AvgIpc) is 2.37. The highest BCUT2D eigenvalue weighted by molar-refractivity contribution is 5.26. The molecule has 1 aromatic rings. The van der Waals surface area contributed by atoms with Crippen LogP contribution in [-0.4, -0.2) is 30.9 Å². The van der Waals surface area contributed by atoms with Gasteiger partial charge in [-0.25, -0.2) is 0 Å². The minimum absolute atomic E-state index is 0.403. The summed E-state index contributed by atoms with van der Waals surface area (Å²) in [6.07, 6.45) is 2.08. The maximum absolute atomic E-state index is 10.1. The lowest BCUT2D eigenvalue weighted by Crippen LogP contribution is -2.46. The van der Waals surface area contributed by atoms with Crippen molar-refractivity contribution in [2.75, 3.05) is 13.7 Å². The van der Waals surface area contributed by atoms with Crippen molar-refractivity contribution in [2.45, 2.75) is 50.9 Å². The van der Waals surface area contributed by atoms with Gasteiger partial charge in [0.25, 0.3) is 0 Å². The van der Waals surface area contributed by atoms with E-state index in [0.29, 0.717) is 24.6 Å². The molecule has 0 aliphatic heterocycles. The lowest BCUT2D eigenvalue weighted by molar-refractivity contribution is 0.0137. The molecule has 0 bridgehead atoms. The topological polar surface area (TPSA) is 41.5 Å². The van der Waals surface area contributed by atoms with Crippen LogP contribution in [0.5, 0.6) is 0 Å². The van der Waals surface area contributed by atoms with E-state index in [2.05, 4.69) is 31.3 Å². The van der Waals surface area contributed by atoms with Gasteiger partial charge in [0.1, 0.15) is 0 Å². The third-order valence-electron chi connectivity index (χ3n) is 4.02. The second-order valence-electron chi connectivity index (χ2n) is 5.77. The van der Waals surface area contributed by atoms with Crippen LogP contribution in [0.15, 0.2) is 24.3 Å². The van der Waals surface area contributed by atoms with Gasteiger partial charge < -0.3 is 15.2 Å². The van der Waals surface area contributed by atoms with Crippen molar-refractivity contribution in [3.63, 3.8) is 0 Å². The normalized spacial score (nSPS) is 24.3. The fraction of sp³-hybridized carbons (Fsp3) is 0.625. The molecular formula is C16H25NO2. The Morgan fingerprint density at radius 2 is 1.79 bits per heavy atom.